The second-order valence-corrected chi connectivity index (χ2v) is 5.96. The predicted molar refractivity (Wildman–Crippen MR) is 103 cm³/mol. The van der Waals surface area contributed by atoms with Crippen LogP contribution in [0.2, 0.25) is 0 Å². The number of amides is 1. The molecule has 6 heteroatoms. The second kappa shape index (κ2) is 8.80. The van der Waals surface area contributed by atoms with E-state index in [0.717, 1.165) is 22.6 Å². The van der Waals surface area contributed by atoms with Crippen molar-refractivity contribution in [3.05, 3.63) is 71.8 Å². The summed E-state index contributed by atoms with van der Waals surface area (Å²) in [5.41, 5.74) is 3.44. The fourth-order valence-electron chi connectivity index (χ4n) is 2.44. The molecule has 2 aromatic carbocycles. The highest BCUT2D eigenvalue weighted by molar-refractivity contribution is 5.94. The zero-order valence-corrected chi connectivity index (χ0v) is 15.3. The number of hydrogen-bond acceptors (Lipinski definition) is 5. The molecule has 138 valence electrons. The molecule has 1 N–H and O–H groups in total. The van der Waals surface area contributed by atoms with Gasteiger partial charge < -0.3 is 14.8 Å². The molecule has 1 aromatic heterocycles. The van der Waals surface area contributed by atoms with E-state index in [2.05, 4.69) is 15.5 Å². The van der Waals surface area contributed by atoms with Gasteiger partial charge in [-0.3, -0.25) is 4.79 Å². The minimum absolute atomic E-state index is 0.125. The molecule has 0 spiro atoms. The van der Waals surface area contributed by atoms with E-state index >= 15 is 0 Å². The summed E-state index contributed by atoms with van der Waals surface area (Å²) in [7, 11) is 1.63. The molecule has 3 rings (SSSR count). The highest BCUT2D eigenvalue weighted by atomic mass is 16.5. The number of ether oxygens (including phenoxy) is 2. The fourth-order valence-corrected chi connectivity index (χ4v) is 2.44. The Morgan fingerprint density at radius 3 is 2.33 bits per heavy atom. The normalized spacial score (nSPS) is 10.3. The van der Waals surface area contributed by atoms with Crippen molar-refractivity contribution in [3.63, 3.8) is 0 Å². The average molecular weight is 363 g/mol. The van der Waals surface area contributed by atoms with Crippen molar-refractivity contribution >= 4 is 5.91 Å². The van der Waals surface area contributed by atoms with Crippen molar-refractivity contribution in [2.45, 2.75) is 6.92 Å². The van der Waals surface area contributed by atoms with Crippen LogP contribution in [-0.2, 0) is 0 Å². The van der Waals surface area contributed by atoms with E-state index in [0.29, 0.717) is 24.6 Å². The Hall–Kier alpha value is -3.41. The van der Waals surface area contributed by atoms with Gasteiger partial charge in [0, 0.05) is 17.2 Å². The van der Waals surface area contributed by atoms with E-state index in [9.17, 15) is 4.79 Å². The molecule has 0 fully saturated rings. The molecule has 0 aliphatic rings. The summed E-state index contributed by atoms with van der Waals surface area (Å²) in [6, 6.07) is 18.6. The Balaban J connectivity index is 1.47. The first-order valence-corrected chi connectivity index (χ1v) is 8.61. The van der Waals surface area contributed by atoms with Crippen LogP contribution < -0.4 is 14.8 Å². The van der Waals surface area contributed by atoms with Gasteiger partial charge in [0.2, 0.25) is 5.88 Å². The Labute approximate surface area is 158 Å². The summed E-state index contributed by atoms with van der Waals surface area (Å²) in [4.78, 5) is 12.0. The largest absolute Gasteiger partial charge is 0.497 e. The molecule has 1 heterocycles. The Bertz CT molecular complexity index is 876. The third-order valence-corrected chi connectivity index (χ3v) is 3.98. The van der Waals surface area contributed by atoms with Crippen LogP contribution >= 0.6 is 0 Å². The molecule has 0 aliphatic heterocycles. The van der Waals surface area contributed by atoms with E-state index in [-0.39, 0.29) is 5.91 Å². The molecule has 1 amide bonds. The van der Waals surface area contributed by atoms with E-state index in [1.165, 1.54) is 0 Å². The van der Waals surface area contributed by atoms with E-state index in [4.69, 9.17) is 9.47 Å². The van der Waals surface area contributed by atoms with Gasteiger partial charge >= 0.3 is 0 Å². The number of carbonyl (C=O) groups excluding carboxylic acids is 1. The maximum Gasteiger partial charge on any atom is 0.251 e. The van der Waals surface area contributed by atoms with Gasteiger partial charge in [-0.2, -0.15) is 0 Å². The third-order valence-electron chi connectivity index (χ3n) is 3.98. The number of nitrogens with zero attached hydrogens (tertiary/aromatic N) is 2. The predicted octanol–water partition coefficient (Wildman–Crippen LogP) is 3.27. The lowest BCUT2D eigenvalue weighted by atomic mass is 10.1. The molecule has 27 heavy (non-hydrogen) atoms. The summed E-state index contributed by atoms with van der Waals surface area (Å²) < 4.78 is 10.7. The van der Waals surface area contributed by atoms with E-state index in [1.54, 1.807) is 25.3 Å². The smallest absolute Gasteiger partial charge is 0.251 e. The van der Waals surface area contributed by atoms with Crippen molar-refractivity contribution in [1.82, 2.24) is 15.5 Å². The molecule has 0 radical (unpaired) electrons. The van der Waals surface area contributed by atoms with Crippen molar-refractivity contribution in [1.29, 1.82) is 0 Å². The van der Waals surface area contributed by atoms with Crippen molar-refractivity contribution in [3.8, 4) is 22.9 Å². The quantitative estimate of drug-likeness (QED) is 0.652. The van der Waals surface area contributed by atoms with Crippen LogP contribution in [0, 0.1) is 6.92 Å². The van der Waals surface area contributed by atoms with Crippen LogP contribution in [0.15, 0.2) is 60.7 Å². The third kappa shape index (κ3) is 5.04. The Morgan fingerprint density at radius 2 is 1.70 bits per heavy atom. The van der Waals surface area contributed by atoms with Crippen LogP contribution in [0.5, 0.6) is 11.6 Å². The number of benzene rings is 2. The van der Waals surface area contributed by atoms with Crippen LogP contribution in [0.25, 0.3) is 11.3 Å². The molecule has 0 bridgehead atoms. The highest BCUT2D eigenvalue weighted by Gasteiger charge is 2.05. The van der Waals surface area contributed by atoms with Crippen molar-refractivity contribution in [2.24, 2.45) is 0 Å². The molecule has 0 unspecified atom stereocenters. The first-order valence-electron chi connectivity index (χ1n) is 8.61. The van der Waals surface area contributed by atoms with Gasteiger partial charge in [-0.1, -0.05) is 17.7 Å². The monoisotopic (exact) mass is 363 g/mol. The van der Waals surface area contributed by atoms with Gasteiger partial charge in [-0.05, 0) is 49.4 Å². The van der Waals surface area contributed by atoms with Gasteiger partial charge in [0.15, 0.2) is 0 Å². The van der Waals surface area contributed by atoms with Gasteiger partial charge in [0.05, 0.1) is 19.3 Å². The number of hydrogen-bond donors (Lipinski definition) is 1. The number of aromatic nitrogens is 2. The number of aryl methyl sites for hydroxylation is 1. The van der Waals surface area contributed by atoms with E-state index in [1.807, 2.05) is 49.4 Å². The minimum Gasteiger partial charge on any atom is -0.497 e. The average Bonchev–Trinajstić information content (AvgIpc) is 2.72. The zero-order chi connectivity index (χ0) is 19.1. The number of nitrogens with one attached hydrogen (secondary N) is 1. The molecule has 0 atom stereocenters. The standard InChI is InChI=1S/C21H21N3O3/c1-15-3-5-17(6-4-15)21(25)22-13-14-27-20-12-11-19(23-24-20)16-7-9-18(26-2)10-8-16/h3-12H,13-14H2,1-2H3,(H,22,25). The SMILES string of the molecule is COc1ccc(-c2ccc(OCCNC(=O)c3ccc(C)cc3)nn2)cc1. The summed E-state index contributed by atoms with van der Waals surface area (Å²) in [6.45, 7) is 2.68. The second-order valence-electron chi connectivity index (χ2n) is 5.96. The van der Waals surface area contributed by atoms with Gasteiger partial charge in [0.25, 0.3) is 5.91 Å². The number of carbonyl (C=O) groups is 1. The maximum atomic E-state index is 12.0. The number of methoxy groups -OCH3 is 1. The molecule has 0 saturated carbocycles. The van der Waals surface area contributed by atoms with Crippen LogP contribution in [0.4, 0.5) is 0 Å². The van der Waals surface area contributed by atoms with Crippen LogP contribution in [0.1, 0.15) is 15.9 Å². The summed E-state index contributed by atoms with van der Waals surface area (Å²) in [5.74, 6) is 1.08. The minimum atomic E-state index is -0.125. The molecular formula is C21H21N3O3. The van der Waals surface area contributed by atoms with Gasteiger partial charge in [0.1, 0.15) is 12.4 Å². The molecule has 0 saturated heterocycles. The first kappa shape index (κ1) is 18.4. The lowest BCUT2D eigenvalue weighted by molar-refractivity contribution is 0.0946. The summed E-state index contributed by atoms with van der Waals surface area (Å²) >= 11 is 0. The van der Waals surface area contributed by atoms with E-state index < -0.39 is 0 Å². The summed E-state index contributed by atoms with van der Waals surface area (Å²) in [5, 5.41) is 11.0. The Kier molecular flexibility index (Phi) is 5.99. The first-order chi connectivity index (χ1) is 13.2. The Morgan fingerprint density at radius 1 is 0.963 bits per heavy atom. The lowest BCUT2D eigenvalue weighted by Gasteiger charge is -2.08. The molecule has 3 aromatic rings. The van der Waals surface area contributed by atoms with Crippen LogP contribution in [0.3, 0.4) is 0 Å². The topological polar surface area (TPSA) is 73.3 Å². The molecular weight excluding hydrogens is 342 g/mol. The lowest BCUT2D eigenvalue weighted by Crippen LogP contribution is -2.28. The zero-order valence-electron chi connectivity index (χ0n) is 15.3. The van der Waals surface area contributed by atoms with Gasteiger partial charge in [-0.25, -0.2) is 0 Å². The summed E-state index contributed by atoms with van der Waals surface area (Å²) in [6.07, 6.45) is 0. The van der Waals surface area contributed by atoms with Crippen molar-refractivity contribution in [2.75, 3.05) is 20.3 Å². The molecule has 0 aliphatic carbocycles. The highest BCUT2D eigenvalue weighted by Crippen LogP contribution is 2.20. The molecule has 6 nitrogen and oxygen atoms in total. The fraction of sp³-hybridized carbons (Fsp3) is 0.190. The number of rotatable bonds is 7. The maximum absolute atomic E-state index is 12.0. The van der Waals surface area contributed by atoms with Gasteiger partial charge in [-0.15, -0.1) is 10.2 Å². The van der Waals surface area contributed by atoms with Crippen molar-refractivity contribution < 1.29 is 14.3 Å². The van der Waals surface area contributed by atoms with Crippen LogP contribution in [-0.4, -0.2) is 36.4 Å².